The van der Waals surface area contributed by atoms with Crippen LogP contribution in [0, 0.1) is 0 Å². The SMILES string of the molecule is COc1ccc2c(SC)c3c(=O)n(C)c(=O)n(C)c3nc2c1. The van der Waals surface area contributed by atoms with Crippen molar-refractivity contribution in [3.05, 3.63) is 39.0 Å². The number of aromatic nitrogens is 3. The maximum Gasteiger partial charge on any atom is 0.332 e. The fraction of sp³-hybridized carbons (Fsp3) is 0.267. The molecular formula is C15H15N3O3S. The molecule has 0 N–H and O–H groups in total. The fourth-order valence-electron chi connectivity index (χ4n) is 2.55. The molecule has 0 bridgehead atoms. The van der Waals surface area contributed by atoms with E-state index in [1.165, 1.54) is 23.4 Å². The Morgan fingerprint density at radius 2 is 1.91 bits per heavy atom. The van der Waals surface area contributed by atoms with Gasteiger partial charge in [-0.2, -0.15) is 0 Å². The topological polar surface area (TPSA) is 66.1 Å². The molecule has 0 atom stereocenters. The highest BCUT2D eigenvalue weighted by atomic mass is 32.2. The Kier molecular flexibility index (Phi) is 3.44. The van der Waals surface area contributed by atoms with Crippen molar-refractivity contribution in [1.29, 1.82) is 0 Å². The van der Waals surface area contributed by atoms with Gasteiger partial charge in [0.25, 0.3) is 5.56 Å². The molecule has 0 aliphatic rings. The summed E-state index contributed by atoms with van der Waals surface area (Å²) in [5.74, 6) is 0.681. The molecule has 1 aromatic carbocycles. The number of ether oxygens (including phenoxy) is 1. The lowest BCUT2D eigenvalue weighted by Gasteiger charge is -2.12. The van der Waals surface area contributed by atoms with Crippen molar-refractivity contribution in [2.75, 3.05) is 13.4 Å². The largest absolute Gasteiger partial charge is 0.497 e. The number of hydrogen-bond donors (Lipinski definition) is 0. The molecule has 0 spiro atoms. The van der Waals surface area contributed by atoms with Gasteiger partial charge in [0.1, 0.15) is 5.75 Å². The highest BCUT2D eigenvalue weighted by Crippen LogP contribution is 2.32. The summed E-state index contributed by atoms with van der Waals surface area (Å²) < 4.78 is 7.73. The van der Waals surface area contributed by atoms with Gasteiger partial charge in [-0.15, -0.1) is 11.8 Å². The zero-order chi connectivity index (χ0) is 16.0. The minimum absolute atomic E-state index is 0.326. The molecule has 0 unspecified atom stereocenters. The number of thioether (sulfide) groups is 1. The Morgan fingerprint density at radius 1 is 1.18 bits per heavy atom. The number of nitrogens with zero attached hydrogens (tertiary/aromatic N) is 3. The predicted octanol–water partition coefficient (Wildman–Crippen LogP) is 1.52. The Morgan fingerprint density at radius 3 is 2.55 bits per heavy atom. The minimum Gasteiger partial charge on any atom is -0.497 e. The van der Waals surface area contributed by atoms with Gasteiger partial charge in [0.05, 0.1) is 18.0 Å². The lowest BCUT2D eigenvalue weighted by Crippen LogP contribution is -2.37. The average molecular weight is 317 g/mol. The molecule has 0 saturated heterocycles. The van der Waals surface area contributed by atoms with Crippen LogP contribution in [0.15, 0.2) is 32.7 Å². The summed E-state index contributed by atoms with van der Waals surface area (Å²) in [6.45, 7) is 0. The summed E-state index contributed by atoms with van der Waals surface area (Å²) in [6.07, 6.45) is 1.91. The van der Waals surface area contributed by atoms with Crippen molar-refractivity contribution in [3.8, 4) is 5.75 Å². The summed E-state index contributed by atoms with van der Waals surface area (Å²) in [5.41, 5.74) is 0.365. The third-order valence-electron chi connectivity index (χ3n) is 3.74. The lowest BCUT2D eigenvalue weighted by atomic mass is 10.1. The van der Waals surface area contributed by atoms with E-state index in [2.05, 4.69) is 4.98 Å². The first kappa shape index (κ1) is 14.6. The standard InChI is InChI=1S/C15H15N3O3S/c1-17-13-11(14(19)18(2)15(17)20)12(22-4)9-6-5-8(21-3)7-10(9)16-13/h5-7H,1-4H3. The van der Waals surface area contributed by atoms with Gasteiger partial charge in [0, 0.05) is 30.4 Å². The van der Waals surface area contributed by atoms with Crippen LogP contribution in [0.3, 0.4) is 0 Å². The Balaban J connectivity index is 2.64. The second-order valence-electron chi connectivity index (χ2n) is 4.93. The molecule has 0 aliphatic heterocycles. The van der Waals surface area contributed by atoms with Crippen LogP contribution in [0.1, 0.15) is 0 Å². The van der Waals surface area contributed by atoms with Gasteiger partial charge in [-0.25, -0.2) is 9.78 Å². The molecule has 7 heteroatoms. The molecule has 0 fully saturated rings. The third-order valence-corrected chi connectivity index (χ3v) is 4.57. The highest BCUT2D eigenvalue weighted by molar-refractivity contribution is 7.99. The molecule has 0 saturated carbocycles. The van der Waals surface area contributed by atoms with Gasteiger partial charge in [-0.05, 0) is 18.4 Å². The van der Waals surface area contributed by atoms with Crippen LogP contribution in [-0.2, 0) is 14.1 Å². The van der Waals surface area contributed by atoms with Gasteiger partial charge >= 0.3 is 5.69 Å². The van der Waals surface area contributed by atoms with Crippen molar-refractivity contribution in [2.24, 2.45) is 14.1 Å². The molecule has 3 aromatic rings. The molecule has 2 aromatic heterocycles. The number of hydrogen-bond acceptors (Lipinski definition) is 5. The van der Waals surface area contributed by atoms with Crippen molar-refractivity contribution in [2.45, 2.75) is 4.90 Å². The van der Waals surface area contributed by atoms with Gasteiger partial charge in [-0.3, -0.25) is 13.9 Å². The first-order valence-corrected chi connectivity index (χ1v) is 7.83. The van der Waals surface area contributed by atoms with E-state index in [0.717, 1.165) is 14.8 Å². The number of benzene rings is 1. The first-order chi connectivity index (χ1) is 10.5. The van der Waals surface area contributed by atoms with Crippen molar-refractivity contribution >= 4 is 33.7 Å². The van der Waals surface area contributed by atoms with E-state index in [1.807, 2.05) is 18.4 Å². The summed E-state index contributed by atoms with van der Waals surface area (Å²) in [6, 6.07) is 5.52. The van der Waals surface area contributed by atoms with E-state index in [-0.39, 0.29) is 11.2 Å². The normalized spacial score (nSPS) is 11.3. The Hall–Kier alpha value is -2.28. The molecule has 3 rings (SSSR count). The number of fused-ring (bicyclic) bond motifs is 2. The molecule has 2 heterocycles. The predicted molar refractivity (Wildman–Crippen MR) is 88.1 cm³/mol. The van der Waals surface area contributed by atoms with Crippen LogP contribution in [-0.4, -0.2) is 27.5 Å². The first-order valence-electron chi connectivity index (χ1n) is 6.61. The van der Waals surface area contributed by atoms with E-state index < -0.39 is 0 Å². The summed E-state index contributed by atoms with van der Waals surface area (Å²) >= 11 is 1.47. The minimum atomic E-state index is -0.390. The van der Waals surface area contributed by atoms with Crippen molar-refractivity contribution < 1.29 is 4.74 Å². The molecule has 0 amide bonds. The van der Waals surface area contributed by atoms with E-state index in [4.69, 9.17) is 4.74 Å². The molecular weight excluding hydrogens is 302 g/mol. The molecule has 114 valence electrons. The van der Waals surface area contributed by atoms with Gasteiger partial charge in [-0.1, -0.05) is 0 Å². The molecule has 6 nitrogen and oxygen atoms in total. The lowest BCUT2D eigenvalue weighted by molar-refractivity contribution is 0.415. The molecule has 22 heavy (non-hydrogen) atoms. The van der Waals surface area contributed by atoms with Crippen molar-refractivity contribution in [3.63, 3.8) is 0 Å². The number of methoxy groups -OCH3 is 1. The van der Waals surface area contributed by atoms with Crippen LogP contribution in [0.5, 0.6) is 5.75 Å². The number of rotatable bonds is 2. The third kappa shape index (κ3) is 1.93. The summed E-state index contributed by atoms with van der Waals surface area (Å²) in [4.78, 5) is 30.0. The van der Waals surface area contributed by atoms with E-state index >= 15 is 0 Å². The zero-order valence-electron chi connectivity index (χ0n) is 12.7. The van der Waals surface area contributed by atoms with Crippen LogP contribution in [0.2, 0.25) is 0 Å². The average Bonchev–Trinajstić information content (AvgIpc) is 2.55. The van der Waals surface area contributed by atoms with E-state index in [9.17, 15) is 9.59 Å². The van der Waals surface area contributed by atoms with E-state index in [1.54, 1.807) is 20.2 Å². The van der Waals surface area contributed by atoms with Crippen LogP contribution in [0.4, 0.5) is 0 Å². The second-order valence-corrected chi connectivity index (χ2v) is 5.75. The maximum absolute atomic E-state index is 12.5. The second kappa shape index (κ2) is 5.17. The smallest absolute Gasteiger partial charge is 0.332 e. The highest BCUT2D eigenvalue weighted by Gasteiger charge is 2.17. The van der Waals surface area contributed by atoms with Gasteiger partial charge in [0.2, 0.25) is 0 Å². The Labute approximate surface area is 130 Å². The monoisotopic (exact) mass is 317 g/mol. The number of aryl methyl sites for hydroxylation is 1. The van der Waals surface area contributed by atoms with Crippen LogP contribution >= 0.6 is 11.8 Å². The Bertz CT molecular complexity index is 1020. The van der Waals surface area contributed by atoms with E-state index in [0.29, 0.717) is 22.3 Å². The van der Waals surface area contributed by atoms with Gasteiger partial charge < -0.3 is 4.74 Å². The quantitative estimate of drug-likeness (QED) is 0.529. The molecule has 0 aliphatic carbocycles. The van der Waals surface area contributed by atoms with Crippen LogP contribution < -0.4 is 16.0 Å². The summed E-state index contributed by atoms with van der Waals surface area (Å²) in [7, 11) is 4.68. The van der Waals surface area contributed by atoms with Crippen LogP contribution in [0.25, 0.3) is 21.9 Å². The zero-order valence-corrected chi connectivity index (χ0v) is 13.5. The fourth-order valence-corrected chi connectivity index (χ4v) is 3.32. The maximum atomic E-state index is 12.5. The molecule has 0 radical (unpaired) electrons. The summed E-state index contributed by atoms with van der Waals surface area (Å²) in [5, 5.41) is 1.34. The van der Waals surface area contributed by atoms with Gasteiger partial charge in [0.15, 0.2) is 5.65 Å². The number of pyridine rings is 1. The van der Waals surface area contributed by atoms with Crippen molar-refractivity contribution in [1.82, 2.24) is 14.1 Å².